The third kappa shape index (κ3) is 8.60. The van der Waals surface area contributed by atoms with E-state index in [9.17, 15) is 4.79 Å². The van der Waals surface area contributed by atoms with Crippen LogP contribution in [0.25, 0.3) is 0 Å². The summed E-state index contributed by atoms with van der Waals surface area (Å²) in [5.41, 5.74) is 0. The molecule has 3 atom stereocenters. The van der Waals surface area contributed by atoms with E-state index in [0.717, 1.165) is 18.8 Å². The molecule has 2 nitrogen and oxygen atoms in total. The molecule has 0 aromatic rings. The third-order valence-electron chi connectivity index (χ3n) is 6.53. The minimum absolute atomic E-state index is 0.0781. The standard InChI is InChI=1S/C23H42O2/c1-2-3-4-5-6-7-8-9-10-17-23(24)25-22-16-12-14-20-13-11-15-21(22)19-18-20/h20-22H,2-19H2,1H3. The molecule has 0 aromatic carbocycles. The molecule has 2 fully saturated rings. The highest BCUT2D eigenvalue weighted by molar-refractivity contribution is 5.69. The number of esters is 1. The zero-order chi connectivity index (χ0) is 17.7. The Balaban J connectivity index is 1.53. The van der Waals surface area contributed by atoms with E-state index in [0.29, 0.717) is 12.3 Å². The molecule has 2 aliphatic rings. The fourth-order valence-electron chi connectivity index (χ4n) is 4.87. The van der Waals surface area contributed by atoms with Crippen molar-refractivity contribution >= 4 is 5.97 Å². The average Bonchev–Trinajstić information content (AvgIpc) is 2.79. The van der Waals surface area contributed by atoms with Crippen LogP contribution < -0.4 is 0 Å². The van der Waals surface area contributed by atoms with Crippen LogP contribution in [0.1, 0.15) is 122 Å². The first-order valence-corrected chi connectivity index (χ1v) is 11.5. The van der Waals surface area contributed by atoms with Gasteiger partial charge in [-0.2, -0.15) is 0 Å². The van der Waals surface area contributed by atoms with Gasteiger partial charge in [-0.15, -0.1) is 0 Å². The van der Waals surface area contributed by atoms with Gasteiger partial charge in [0.1, 0.15) is 6.10 Å². The first-order valence-electron chi connectivity index (χ1n) is 11.5. The normalized spacial score (nSPS) is 26.7. The van der Waals surface area contributed by atoms with Crippen molar-refractivity contribution in [3.63, 3.8) is 0 Å². The van der Waals surface area contributed by atoms with Gasteiger partial charge in [0, 0.05) is 6.42 Å². The number of hydrogen-bond donors (Lipinski definition) is 0. The van der Waals surface area contributed by atoms with Gasteiger partial charge in [0.25, 0.3) is 0 Å². The van der Waals surface area contributed by atoms with Crippen molar-refractivity contribution in [3.8, 4) is 0 Å². The molecular formula is C23H42O2. The van der Waals surface area contributed by atoms with Gasteiger partial charge in [-0.3, -0.25) is 4.79 Å². The maximum Gasteiger partial charge on any atom is 0.306 e. The van der Waals surface area contributed by atoms with Crippen LogP contribution in [0.5, 0.6) is 0 Å². The lowest BCUT2D eigenvalue weighted by molar-refractivity contribution is -0.153. The molecule has 0 spiro atoms. The van der Waals surface area contributed by atoms with Crippen molar-refractivity contribution in [2.75, 3.05) is 0 Å². The van der Waals surface area contributed by atoms with Gasteiger partial charge in [-0.05, 0) is 43.9 Å². The van der Waals surface area contributed by atoms with E-state index in [-0.39, 0.29) is 12.1 Å². The minimum Gasteiger partial charge on any atom is -0.462 e. The number of unbranched alkanes of at least 4 members (excludes halogenated alkanes) is 8. The van der Waals surface area contributed by atoms with Crippen molar-refractivity contribution in [2.24, 2.45) is 11.8 Å². The predicted molar refractivity (Wildman–Crippen MR) is 106 cm³/mol. The summed E-state index contributed by atoms with van der Waals surface area (Å²) in [4.78, 5) is 12.3. The van der Waals surface area contributed by atoms with E-state index < -0.39 is 0 Å². The molecule has 3 unspecified atom stereocenters. The van der Waals surface area contributed by atoms with E-state index in [1.807, 2.05) is 0 Å². The molecule has 0 saturated heterocycles. The Morgan fingerprint density at radius 1 is 0.760 bits per heavy atom. The number of rotatable bonds is 11. The Kier molecular flexibility index (Phi) is 10.6. The summed E-state index contributed by atoms with van der Waals surface area (Å²) in [6.45, 7) is 2.27. The smallest absolute Gasteiger partial charge is 0.306 e. The van der Waals surface area contributed by atoms with Crippen LogP contribution >= 0.6 is 0 Å². The van der Waals surface area contributed by atoms with Gasteiger partial charge in [0.05, 0.1) is 0 Å². The highest BCUT2D eigenvalue weighted by Gasteiger charge is 2.30. The van der Waals surface area contributed by atoms with Gasteiger partial charge in [-0.1, -0.05) is 84.0 Å². The molecule has 2 saturated carbocycles. The Morgan fingerprint density at radius 2 is 1.40 bits per heavy atom. The molecule has 0 aliphatic heterocycles. The van der Waals surface area contributed by atoms with Gasteiger partial charge in [0.15, 0.2) is 0 Å². The van der Waals surface area contributed by atoms with Crippen LogP contribution in [0, 0.1) is 11.8 Å². The predicted octanol–water partition coefficient (Wildman–Crippen LogP) is 7.20. The zero-order valence-corrected chi connectivity index (χ0v) is 16.8. The summed E-state index contributed by atoms with van der Waals surface area (Å²) < 4.78 is 5.94. The van der Waals surface area contributed by atoms with Crippen molar-refractivity contribution < 1.29 is 9.53 Å². The van der Waals surface area contributed by atoms with Crippen LogP contribution in [0.4, 0.5) is 0 Å². The molecule has 2 heteroatoms. The Hall–Kier alpha value is -0.530. The zero-order valence-electron chi connectivity index (χ0n) is 16.8. The number of fused-ring (bicyclic) bond motifs is 3. The van der Waals surface area contributed by atoms with E-state index in [1.54, 1.807) is 0 Å². The molecule has 0 radical (unpaired) electrons. The summed E-state index contributed by atoms with van der Waals surface area (Å²) in [6.07, 6.45) is 23.0. The fourth-order valence-corrected chi connectivity index (χ4v) is 4.87. The van der Waals surface area contributed by atoms with Crippen molar-refractivity contribution in [3.05, 3.63) is 0 Å². The summed E-state index contributed by atoms with van der Waals surface area (Å²) in [5, 5.41) is 0. The topological polar surface area (TPSA) is 26.3 Å². The first kappa shape index (κ1) is 20.8. The highest BCUT2D eigenvalue weighted by Crippen LogP contribution is 2.37. The SMILES string of the molecule is CCCCCCCCCCCC(=O)OC1CCCC2CCCC1CC2. The Morgan fingerprint density at radius 3 is 2.12 bits per heavy atom. The molecule has 2 bridgehead atoms. The lowest BCUT2D eigenvalue weighted by Gasteiger charge is -2.28. The summed E-state index contributed by atoms with van der Waals surface area (Å²) in [7, 11) is 0. The molecule has 146 valence electrons. The number of carbonyl (C=O) groups is 1. The quantitative estimate of drug-likeness (QED) is 0.291. The van der Waals surface area contributed by atoms with Gasteiger partial charge >= 0.3 is 5.97 Å². The monoisotopic (exact) mass is 350 g/mol. The van der Waals surface area contributed by atoms with Crippen molar-refractivity contribution in [1.29, 1.82) is 0 Å². The third-order valence-corrected chi connectivity index (χ3v) is 6.53. The maximum absolute atomic E-state index is 12.3. The van der Waals surface area contributed by atoms with E-state index in [1.165, 1.54) is 96.3 Å². The summed E-state index contributed by atoms with van der Waals surface area (Å²) in [5.74, 6) is 1.69. The Labute approximate surface area is 156 Å². The number of ether oxygens (including phenoxy) is 1. The summed E-state index contributed by atoms with van der Waals surface area (Å²) >= 11 is 0. The maximum atomic E-state index is 12.3. The van der Waals surface area contributed by atoms with Crippen molar-refractivity contribution in [2.45, 2.75) is 129 Å². The van der Waals surface area contributed by atoms with Crippen LogP contribution in [-0.2, 0) is 9.53 Å². The Bertz CT molecular complexity index is 352. The summed E-state index contributed by atoms with van der Waals surface area (Å²) in [6, 6.07) is 0. The van der Waals surface area contributed by atoms with Crippen LogP contribution in [0.2, 0.25) is 0 Å². The minimum atomic E-state index is 0.0781. The molecule has 0 aromatic heterocycles. The van der Waals surface area contributed by atoms with E-state index in [4.69, 9.17) is 4.74 Å². The fraction of sp³-hybridized carbons (Fsp3) is 0.957. The number of hydrogen-bond acceptors (Lipinski definition) is 2. The van der Waals surface area contributed by atoms with Gasteiger partial charge < -0.3 is 4.74 Å². The molecule has 0 N–H and O–H groups in total. The number of carbonyl (C=O) groups excluding carboxylic acids is 1. The molecule has 0 heterocycles. The van der Waals surface area contributed by atoms with Gasteiger partial charge in [-0.25, -0.2) is 0 Å². The lowest BCUT2D eigenvalue weighted by atomic mass is 9.85. The molecule has 25 heavy (non-hydrogen) atoms. The highest BCUT2D eigenvalue weighted by atomic mass is 16.5. The second-order valence-electron chi connectivity index (χ2n) is 8.67. The van der Waals surface area contributed by atoms with E-state index >= 15 is 0 Å². The second kappa shape index (κ2) is 12.8. The van der Waals surface area contributed by atoms with E-state index in [2.05, 4.69) is 6.92 Å². The molecule has 2 aliphatic carbocycles. The molecule has 2 rings (SSSR count). The lowest BCUT2D eigenvalue weighted by Crippen LogP contribution is -2.28. The van der Waals surface area contributed by atoms with Crippen LogP contribution in [0.3, 0.4) is 0 Å². The van der Waals surface area contributed by atoms with Crippen LogP contribution in [0.15, 0.2) is 0 Å². The molecular weight excluding hydrogens is 308 g/mol. The molecule has 0 amide bonds. The first-order chi connectivity index (χ1) is 12.3. The average molecular weight is 351 g/mol. The second-order valence-corrected chi connectivity index (χ2v) is 8.67. The van der Waals surface area contributed by atoms with Gasteiger partial charge in [0.2, 0.25) is 0 Å². The van der Waals surface area contributed by atoms with Crippen molar-refractivity contribution in [1.82, 2.24) is 0 Å². The van der Waals surface area contributed by atoms with Crippen LogP contribution in [-0.4, -0.2) is 12.1 Å². The largest absolute Gasteiger partial charge is 0.462 e.